The van der Waals surface area contributed by atoms with Gasteiger partial charge in [-0.15, -0.1) is 0 Å². The van der Waals surface area contributed by atoms with Gasteiger partial charge in [0.1, 0.15) is 0 Å². The molecule has 0 aliphatic rings. The standard InChI is InChI=1S/C15H21ClN2O/c1-3-18(4-2)11-10-17-15(19)9-8-13-6-5-7-14(16)12-13/h5-9,12H,3-4,10-11H2,1-2H3,(H,17,19)/b9-8+. The third-order valence-electron chi connectivity index (χ3n) is 2.90. The first-order valence-corrected chi connectivity index (χ1v) is 6.97. The van der Waals surface area contributed by atoms with Crippen molar-refractivity contribution < 1.29 is 4.79 Å². The Kier molecular flexibility index (Phi) is 7.23. The van der Waals surface area contributed by atoms with E-state index in [0.717, 1.165) is 25.2 Å². The van der Waals surface area contributed by atoms with E-state index in [1.807, 2.05) is 24.3 Å². The maximum absolute atomic E-state index is 11.6. The van der Waals surface area contributed by atoms with Gasteiger partial charge in [0.2, 0.25) is 5.91 Å². The molecule has 0 atom stereocenters. The summed E-state index contributed by atoms with van der Waals surface area (Å²) in [7, 11) is 0. The zero-order chi connectivity index (χ0) is 14.1. The molecule has 0 unspecified atom stereocenters. The predicted octanol–water partition coefficient (Wildman–Crippen LogP) is 2.81. The largest absolute Gasteiger partial charge is 0.351 e. The molecule has 1 N–H and O–H groups in total. The van der Waals surface area contributed by atoms with Crippen LogP contribution in [0.3, 0.4) is 0 Å². The fraction of sp³-hybridized carbons (Fsp3) is 0.400. The quantitative estimate of drug-likeness (QED) is 0.779. The van der Waals surface area contributed by atoms with Crippen LogP contribution in [0, 0.1) is 0 Å². The van der Waals surface area contributed by atoms with Gasteiger partial charge in [0.15, 0.2) is 0 Å². The Morgan fingerprint density at radius 3 is 2.74 bits per heavy atom. The van der Waals surface area contributed by atoms with E-state index >= 15 is 0 Å². The lowest BCUT2D eigenvalue weighted by atomic mass is 10.2. The number of hydrogen-bond donors (Lipinski definition) is 1. The van der Waals surface area contributed by atoms with E-state index in [-0.39, 0.29) is 5.91 Å². The molecule has 0 spiro atoms. The van der Waals surface area contributed by atoms with Crippen molar-refractivity contribution in [2.24, 2.45) is 0 Å². The molecule has 104 valence electrons. The van der Waals surface area contributed by atoms with Gasteiger partial charge in [0.25, 0.3) is 0 Å². The monoisotopic (exact) mass is 280 g/mol. The molecule has 0 saturated heterocycles. The summed E-state index contributed by atoms with van der Waals surface area (Å²) in [4.78, 5) is 13.9. The molecule has 0 fully saturated rings. The highest BCUT2D eigenvalue weighted by Gasteiger charge is 1.99. The van der Waals surface area contributed by atoms with Crippen LogP contribution in [0.25, 0.3) is 6.08 Å². The number of benzene rings is 1. The van der Waals surface area contributed by atoms with Gasteiger partial charge in [-0.05, 0) is 36.9 Å². The van der Waals surface area contributed by atoms with Gasteiger partial charge < -0.3 is 10.2 Å². The van der Waals surface area contributed by atoms with Crippen molar-refractivity contribution in [3.63, 3.8) is 0 Å². The number of rotatable bonds is 7. The van der Waals surface area contributed by atoms with Crippen molar-refractivity contribution >= 4 is 23.6 Å². The normalized spacial score (nSPS) is 11.2. The highest BCUT2D eigenvalue weighted by molar-refractivity contribution is 6.30. The highest BCUT2D eigenvalue weighted by atomic mass is 35.5. The summed E-state index contributed by atoms with van der Waals surface area (Å²) in [6, 6.07) is 7.40. The minimum absolute atomic E-state index is 0.0767. The lowest BCUT2D eigenvalue weighted by Crippen LogP contribution is -2.34. The summed E-state index contributed by atoms with van der Waals surface area (Å²) in [6.45, 7) is 7.79. The molecule has 0 aliphatic carbocycles. The van der Waals surface area contributed by atoms with Gasteiger partial charge in [0.05, 0.1) is 0 Å². The molecule has 0 aromatic heterocycles. The van der Waals surface area contributed by atoms with E-state index in [1.165, 1.54) is 6.08 Å². The Morgan fingerprint density at radius 2 is 2.11 bits per heavy atom. The predicted molar refractivity (Wildman–Crippen MR) is 81.3 cm³/mol. The Bertz CT molecular complexity index is 428. The van der Waals surface area contributed by atoms with Crippen LogP contribution in [0.4, 0.5) is 0 Å². The van der Waals surface area contributed by atoms with Gasteiger partial charge in [-0.1, -0.05) is 37.6 Å². The smallest absolute Gasteiger partial charge is 0.244 e. The topological polar surface area (TPSA) is 32.3 Å². The molecule has 0 heterocycles. The van der Waals surface area contributed by atoms with E-state index in [4.69, 9.17) is 11.6 Å². The molecule has 0 bridgehead atoms. The summed E-state index contributed by atoms with van der Waals surface area (Å²) in [5, 5.41) is 3.54. The van der Waals surface area contributed by atoms with Crippen LogP contribution >= 0.6 is 11.6 Å². The minimum Gasteiger partial charge on any atom is -0.351 e. The third kappa shape index (κ3) is 6.41. The molecule has 1 rings (SSSR count). The molecule has 3 nitrogen and oxygen atoms in total. The summed E-state index contributed by atoms with van der Waals surface area (Å²) in [5.74, 6) is -0.0767. The van der Waals surface area contributed by atoms with Gasteiger partial charge in [-0.3, -0.25) is 4.79 Å². The van der Waals surface area contributed by atoms with Crippen LogP contribution in [-0.2, 0) is 4.79 Å². The molecule has 4 heteroatoms. The average molecular weight is 281 g/mol. The Balaban J connectivity index is 2.35. The fourth-order valence-corrected chi connectivity index (χ4v) is 1.92. The Morgan fingerprint density at radius 1 is 1.37 bits per heavy atom. The second-order valence-corrected chi connectivity index (χ2v) is 4.64. The first-order chi connectivity index (χ1) is 9.15. The first-order valence-electron chi connectivity index (χ1n) is 6.59. The van der Waals surface area contributed by atoms with Gasteiger partial charge in [-0.25, -0.2) is 0 Å². The lowest BCUT2D eigenvalue weighted by molar-refractivity contribution is -0.116. The maximum Gasteiger partial charge on any atom is 0.244 e. The van der Waals surface area contributed by atoms with Crippen LogP contribution in [0.5, 0.6) is 0 Å². The summed E-state index contributed by atoms with van der Waals surface area (Å²) < 4.78 is 0. The van der Waals surface area contributed by atoms with Crippen molar-refractivity contribution in [3.8, 4) is 0 Å². The van der Waals surface area contributed by atoms with Crippen molar-refractivity contribution in [1.82, 2.24) is 10.2 Å². The summed E-state index contributed by atoms with van der Waals surface area (Å²) >= 11 is 5.87. The number of carbonyl (C=O) groups excluding carboxylic acids is 1. The van der Waals surface area contributed by atoms with E-state index < -0.39 is 0 Å². The maximum atomic E-state index is 11.6. The number of likely N-dealkylation sites (N-methyl/N-ethyl adjacent to an activating group) is 1. The fourth-order valence-electron chi connectivity index (χ4n) is 1.72. The Hall–Kier alpha value is -1.32. The van der Waals surface area contributed by atoms with E-state index in [2.05, 4.69) is 24.1 Å². The minimum atomic E-state index is -0.0767. The number of hydrogen-bond acceptors (Lipinski definition) is 2. The molecule has 0 aliphatic heterocycles. The van der Waals surface area contributed by atoms with Crippen LogP contribution in [0.15, 0.2) is 30.3 Å². The molecule has 1 aromatic rings. The molecule has 0 saturated carbocycles. The highest BCUT2D eigenvalue weighted by Crippen LogP contribution is 2.11. The zero-order valence-electron chi connectivity index (χ0n) is 11.5. The second kappa shape index (κ2) is 8.73. The Labute approximate surface area is 120 Å². The van der Waals surface area contributed by atoms with Crippen molar-refractivity contribution in [1.29, 1.82) is 0 Å². The number of nitrogens with one attached hydrogen (secondary N) is 1. The van der Waals surface area contributed by atoms with Crippen molar-refractivity contribution in [3.05, 3.63) is 40.9 Å². The van der Waals surface area contributed by atoms with Crippen LogP contribution in [0.1, 0.15) is 19.4 Å². The van der Waals surface area contributed by atoms with Crippen LogP contribution in [-0.4, -0.2) is 37.0 Å². The summed E-state index contributed by atoms with van der Waals surface area (Å²) in [5.41, 5.74) is 0.923. The second-order valence-electron chi connectivity index (χ2n) is 4.21. The van der Waals surface area contributed by atoms with Gasteiger partial charge in [-0.2, -0.15) is 0 Å². The molecular formula is C15H21ClN2O. The van der Waals surface area contributed by atoms with Gasteiger partial charge in [0, 0.05) is 24.2 Å². The molecule has 0 radical (unpaired) electrons. The first kappa shape index (κ1) is 15.7. The zero-order valence-corrected chi connectivity index (χ0v) is 12.3. The van der Waals surface area contributed by atoms with Gasteiger partial charge >= 0.3 is 0 Å². The van der Waals surface area contributed by atoms with Crippen LogP contribution < -0.4 is 5.32 Å². The molecule has 19 heavy (non-hydrogen) atoms. The molecule has 1 amide bonds. The number of nitrogens with zero attached hydrogens (tertiary/aromatic N) is 1. The third-order valence-corrected chi connectivity index (χ3v) is 3.13. The average Bonchev–Trinajstić information content (AvgIpc) is 2.41. The molecular weight excluding hydrogens is 260 g/mol. The number of amides is 1. The van der Waals surface area contributed by atoms with E-state index in [0.29, 0.717) is 11.6 Å². The van der Waals surface area contributed by atoms with Crippen molar-refractivity contribution in [2.75, 3.05) is 26.2 Å². The SMILES string of the molecule is CCN(CC)CCNC(=O)/C=C/c1cccc(Cl)c1. The number of carbonyl (C=O) groups is 1. The van der Waals surface area contributed by atoms with Crippen LogP contribution in [0.2, 0.25) is 5.02 Å². The van der Waals surface area contributed by atoms with E-state index in [1.54, 1.807) is 6.08 Å². The van der Waals surface area contributed by atoms with E-state index in [9.17, 15) is 4.79 Å². The molecule has 1 aromatic carbocycles. The number of halogens is 1. The summed E-state index contributed by atoms with van der Waals surface area (Å²) in [6.07, 6.45) is 3.30. The lowest BCUT2D eigenvalue weighted by Gasteiger charge is -2.17. The van der Waals surface area contributed by atoms with Crippen molar-refractivity contribution in [2.45, 2.75) is 13.8 Å².